The third-order valence-electron chi connectivity index (χ3n) is 3.66. The maximum Gasteiger partial charge on any atom is 0.244 e. The lowest BCUT2D eigenvalue weighted by atomic mass is 10.2. The monoisotopic (exact) mass is 419 g/mol. The zero-order valence-electron chi connectivity index (χ0n) is 13.7. The minimum absolute atomic E-state index is 0.166. The van der Waals surface area contributed by atoms with Crippen molar-refractivity contribution in [1.29, 1.82) is 0 Å². The smallest absolute Gasteiger partial charge is 0.244 e. The summed E-state index contributed by atoms with van der Waals surface area (Å²) in [6.07, 6.45) is 5.96. The molecule has 2 N–H and O–H groups in total. The molecule has 0 unspecified atom stereocenters. The molecule has 1 atom stereocenters. The summed E-state index contributed by atoms with van der Waals surface area (Å²) in [4.78, 5) is 20.2. The fourth-order valence-electron chi connectivity index (χ4n) is 2.45. The number of carbonyl (C=O) groups is 1. The molecule has 0 bridgehead atoms. The predicted molar refractivity (Wildman–Crippen MR) is 105 cm³/mol. The Morgan fingerprint density at radius 2 is 2.24 bits per heavy atom. The Balaban J connectivity index is 1.73. The van der Waals surface area contributed by atoms with E-state index in [2.05, 4.69) is 31.2 Å². The van der Waals surface area contributed by atoms with Gasteiger partial charge in [-0.25, -0.2) is 4.98 Å². The van der Waals surface area contributed by atoms with Crippen molar-refractivity contribution in [3.05, 3.63) is 58.7 Å². The molecular formula is C18H18BrN3O2S. The molecule has 1 aromatic carbocycles. The largest absolute Gasteiger partial charge is 0.450 e. The zero-order chi connectivity index (χ0) is 17.6. The number of benzene rings is 1. The van der Waals surface area contributed by atoms with Gasteiger partial charge in [0.2, 0.25) is 5.91 Å². The number of hydrogen-bond acceptors (Lipinski definition) is 4. The van der Waals surface area contributed by atoms with Crippen LogP contribution in [0.15, 0.2) is 51.6 Å². The van der Waals surface area contributed by atoms with Crippen molar-refractivity contribution in [3.63, 3.8) is 0 Å². The number of halogens is 1. The first-order valence-electron chi connectivity index (χ1n) is 7.83. The van der Waals surface area contributed by atoms with Crippen molar-refractivity contribution < 1.29 is 9.21 Å². The molecule has 5 nitrogen and oxygen atoms in total. The number of H-pyrrole nitrogens is 1. The number of thioether (sulfide) groups is 1. The Morgan fingerprint density at radius 1 is 1.40 bits per heavy atom. The second kappa shape index (κ2) is 8.40. The van der Waals surface area contributed by atoms with Gasteiger partial charge in [0.15, 0.2) is 4.67 Å². The number of aromatic amines is 1. The Morgan fingerprint density at radius 3 is 2.96 bits per heavy atom. The Labute approximate surface area is 158 Å². The first kappa shape index (κ1) is 17.8. The van der Waals surface area contributed by atoms with Gasteiger partial charge in [-0.05, 0) is 64.7 Å². The second-order valence-corrected chi connectivity index (χ2v) is 7.22. The molecule has 0 fully saturated rings. The highest BCUT2D eigenvalue weighted by atomic mass is 79.9. The maximum absolute atomic E-state index is 12.3. The van der Waals surface area contributed by atoms with Gasteiger partial charge in [-0.1, -0.05) is 12.1 Å². The van der Waals surface area contributed by atoms with Crippen LogP contribution in [0.25, 0.3) is 17.1 Å². The van der Waals surface area contributed by atoms with Gasteiger partial charge in [-0.15, -0.1) is 0 Å². The van der Waals surface area contributed by atoms with Gasteiger partial charge in [0.25, 0.3) is 0 Å². The second-order valence-electron chi connectivity index (χ2n) is 5.46. The molecule has 130 valence electrons. The van der Waals surface area contributed by atoms with Crippen molar-refractivity contribution in [2.24, 2.45) is 0 Å². The van der Waals surface area contributed by atoms with E-state index >= 15 is 0 Å². The first-order valence-corrected chi connectivity index (χ1v) is 10.0. The molecule has 3 rings (SSSR count). The van der Waals surface area contributed by atoms with Crippen LogP contribution in [0.5, 0.6) is 0 Å². The summed E-state index contributed by atoms with van der Waals surface area (Å²) in [6, 6.07) is 11.3. The highest BCUT2D eigenvalue weighted by Crippen LogP contribution is 2.20. The minimum Gasteiger partial charge on any atom is -0.450 e. The number of imidazole rings is 1. The number of nitrogens with zero attached hydrogens (tertiary/aromatic N) is 1. The van der Waals surface area contributed by atoms with Crippen molar-refractivity contribution in [2.45, 2.75) is 12.5 Å². The number of para-hydroxylation sites is 2. The quantitative estimate of drug-likeness (QED) is 0.551. The van der Waals surface area contributed by atoms with Crippen LogP contribution in [-0.4, -0.2) is 27.9 Å². The highest BCUT2D eigenvalue weighted by Gasteiger charge is 2.17. The van der Waals surface area contributed by atoms with Gasteiger partial charge >= 0.3 is 0 Å². The summed E-state index contributed by atoms with van der Waals surface area (Å²) in [5, 5.41) is 3.02. The number of nitrogens with one attached hydrogen (secondary N) is 2. The van der Waals surface area contributed by atoms with E-state index in [1.165, 1.54) is 6.08 Å². The molecule has 0 radical (unpaired) electrons. The Hall–Kier alpha value is -1.99. The molecule has 0 saturated heterocycles. The van der Waals surface area contributed by atoms with Crippen molar-refractivity contribution in [3.8, 4) is 0 Å². The third-order valence-corrected chi connectivity index (χ3v) is 4.73. The van der Waals surface area contributed by atoms with Gasteiger partial charge in [0.1, 0.15) is 11.6 Å². The van der Waals surface area contributed by atoms with Crippen molar-refractivity contribution in [1.82, 2.24) is 15.3 Å². The first-order chi connectivity index (χ1) is 12.2. The van der Waals surface area contributed by atoms with Gasteiger partial charge in [0.05, 0.1) is 17.1 Å². The summed E-state index contributed by atoms with van der Waals surface area (Å²) in [5.41, 5.74) is 1.87. The van der Waals surface area contributed by atoms with E-state index in [4.69, 9.17) is 4.42 Å². The minimum atomic E-state index is -0.181. The average molecular weight is 420 g/mol. The molecule has 0 aliphatic heterocycles. The number of hydrogen-bond donors (Lipinski definition) is 2. The lowest BCUT2D eigenvalue weighted by molar-refractivity contribution is -0.117. The molecule has 7 heteroatoms. The summed E-state index contributed by atoms with van der Waals surface area (Å²) in [6.45, 7) is 0. The standard InChI is InChI=1S/C18H18BrN3O2S/c1-25-11-10-15(18-21-13-4-2-3-5-14(13)22-18)20-17(23)9-7-12-6-8-16(19)24-12/h2-9,15H,10-11H2,1H3,(H,20,23)(H,21,22)/b9-7+/t15-/m1/s1. The molecule has 0 saturated carbocycles. The van der Waals surface area contributed by atoms with E-state index in [0.29, 0.717) is 10.4 Å². The molecule has 0 aliphatic carbocycles. The fraction of sp³-hybridized carbons (Fsp3) is 0.222. The van der Waals surface area contributed by atoms with Crippen LogP contribution in [0.1, 0.15) is 24.0 Å². The number of furan rings is 1. The van der Waals surface area contributed by atoms with Crippen LogP contribution in [0.4, 0.5) is 0 Å². The maximum atomic E-state index is 12.3. The van der Waals surface area contributed by atoms with Crippen LogP contribution in [0, 0.1) is 0 Å². The summed E-state index contributed by atoms with van der Waals surface area (Å²) in [7, 11) is 0. The zero-order valence-corrected chi connectivity index (χ0v) is 16.1. The van der Waals surface area contributed by atoms with Gasteiger partial charge in [-0.3, -0.25) is 4.79 Å². The Bertz CT molecular complexity index is 854. The molecule has 2 aromatic heterocycles. The van der Waals surface area contributed by atoms with Crippen molar-refractivity contribution in [2.75, 3.05) is 12.0 Å². The van der Waals surface area contributed by atoms with E-state index in [1.54, 1.807) is 30.0 Å². The lowest BCUT2D eigenvalue weighted by Gasteiger charge is -2.15. The normalized spacial score (nSPS) is 12.7. The topological polar surface area (TPSA) is 70.9 Å². The fourth-order valence-corrected chi connectivity index (χ4v) is 3.24. The molecule has 1 amide bonds. The van der Waals surface area contributed by atoms with Crippen LogP contribution in [0.3, 0.4) is 0 Å². The lowest BCUT2D eigenvalue weighted by Crippen LogP contribution is -2.28. The number of rotatable bonds is 7. The van der Waals surface area contributed by atoms with Gasteiger partial charge in [0, 0.05) is 6.08 Å². The number of carbonyl (C=O) groups excluding carboxylic acids is 1. The molecule has 25 heavy (non-hydrogen) atoms. The van der Waals surface area contributed by atoms with Crippen LogP contribution >= 0.6 is 27.7 Å². The summed E-state index contributed by atoms with van der Waals surface area (Å²) in [5.74, 6) is 2.14. The van der Waals surface area contributed by atoms with Crippen LogP contribution < -0.4 is 5.32 Å². The molecule has 0 spiro atoms. The number of amides is 1. The van der Waals surface area contributed by atoms with Gasteiger partial charge in [-0.2, -0.15) is 11.8 Å². The molecule has 2 heterocycles. The van der Waals surface area contributed by atoms with Crippen LogP contribution in [-0.2, 0) is 4.79 Å². The van der Waals surface area contributed by atoms with E-state index < -0.39 is 0 Å². The molecule has 0 aliphatic rings. The molecule has 3 aromatic rings. The summed E-state index contributed by atoms with van der Waals surface area (Å²) >= 11 is 4.98. The van der Waals surface area contributed by atoms with E-state index in [-0.39, 0.29) is 11.9 Å². The Kier molecular flexibility index (Phi) is 5.99. The van der Waals surface area contributed by atoms with E-state index in [0.717, 1.165) is 29.0 Å². The predicted octanol–water partition coefficient (Wildman–Crippen LogP) is 4.54. The van der Waals surface area contributed by atoms with E-state index in [9.17, 15) is 4.79 Å². The summed E-state index contributed by atoms with van der Waals surface area (Å²) < 4.78 is 5.99. The van der Waals surface area contributed by atoms with E-state index in [1.807, 2.05) is 30.5 Å². The third kappa shape index (κ3) is 4.76. The highest BCUT2D eigenvalue weighted by molar-refractivity contribution is 9.10. The number of fused-ring (bicyclic) bond motifs is 1. The SMILES string of the molecule is CSCC[C@@H](NC(=O)/C=C/c1ccc(Br)o1)c1nc2ccccc2[nH]1. The average Bonchev–Trinajstić information content (AvgIpc) is 3.22. The van der Waals surface area contributed by atoms with Gasteiger partial charge < -0.3 is 14.7 Å². The van der Waals surface area contributed by atoms with Crippen molar-refractivity contribution >= 4 is 50.7 Å². The number of aromatic nitrogens is 2. The molecular weight excluding hydrogens is 402 g/mol. The van der Waals surface area contributed by atoms with Crippen LogP contribution in [0.2, 0.25) is 0 Å².